The summed E-state index contributed by atoms with van der Waals surface area (Å²) in [6.07, 6.45) is 1.16. The summed E-state index contributed by atoms with van der Waals surface area (Å²) in [5.41, 5.74) is 0.165. The van der Waals surface area contributed by atoms with Crippen LogP contribution in [0.25, 0.3) is 0 Å². The number of Topliss-reactive ketones (excluding diaryl/α,β-unsaturated/α-hetero) is 1. The summed E-state index contributed by atoms with van der Waals surface area (Å²) in [6, 6.07) is 5.10. The van der Waals surface area contributed by atoms with Gasteiger partial charge in [0.1, 0.15) is 5.76 Å². The number of fused-ring (bicyclic) bond motifs is 1. The van der Waals surface area contributed by atoms with Crippen LogP contribution >= 0.6 is 15.9 Å². The van der Waals surface area contributed by atoms with Crippen molar-refractivity contribution in [1.29, 1.82) is 0 Å². The van der Waals surface area contributed by atoms with Gasteiger partial charge in [0.05, 0.1) is 18.2 Å². The summed E-state index contributed by atoms with van der Waals surface area (Å²) in [7, 11) is 0. The van der Waals surface area contributed by atoms with Crippen LogP contribution in [0.1, 0.15) is 33.7 Å². The number of amides is 1. The van der Waals surface area contributed by atoms with E-state index in [0.717, 1.165) is 4.47 Å². The molecule has 0 spiro atoms. The highest BCUT2D eigenvalue weighted by Crippen LogP contribution is 2.40. The van der Waals surface area contributed by atoms with Crippen LogP contribution in [0.4, 0.5) is 5.69 Å². The summed E-state index contributed by atoms with van der Waals surface area (Å²) in [5.74, 6) is -0.430. The normalized spacial score (nSPS) is 19.9. The molecular formula is C16H14BrNO4. The molecule has 0 aliphatic carbocycles. The van der Waals surface area contributed by atoms with Crippen LogP contribution in [0, 0.1) is 13.8 Å². The topological polar surface area (TPSA) is 79.5 Å². The summed E-state index contributed by atoms with van der Waals surface area (Å²) >= 11 is 3.31. The highest BCUT2D eigenvalue weighted by atomic mass is 79.9. The number of nitrogens with one attached hydrogen (secondary N) is 1. The Kier molecular flexibility index (Phi) is 3.45. The van der Waals surface area contributed by atoms with Gasteiger partial charge in [-0.2, -0.15) is 0 Å². The van der Waals surface area contributed by atoms with Gasteiger partial charge < -0.3 is 14.8 Å². The van der Waals surface area contributed by atoms with Crippen molar-refractivity contribution < 1.29 is 19.1 Å². The zero-order valence-corrected chi connectivity index (χ0v) is 13.7. The molecule has 6 heteroatoms. The molecule has 3 rings (SSSR count). The fourth-order valence-corrected chi connectivity index (χ4v) is 3.16. The van der Waals surface area contributed by atoms with Crippen molar-refractivity contribution in [2.24, 2.45) is 0 Å². The molecule has 2 N–H and O–H groups in total. The van der Waals surface area contributed by atoms with Crippen molar-refractivity contribution in [3.8, 4) is 0 Å². The first kappa shape index (κ1) is 15.0. The van der Waals surface area contributed by atoms with Crippen molar-refractivity contribution in [3.63, 3.8) is 0 Å². The van der Waals surface area contributed by atoms with Crippen LogP contribution in [0.5, 0.6) is 0 Å². The summed E-state index contributed by atoms with van der Waals surface area (Å²) in [5, 5.41) is 13.4. The number of aryl methyl sites for hydroxylation is 2. The van der Waals surface area contributed by atoms with Crippen molar-refractivity contribution in [2.45, 2.75) is 25.9 Å². The number of rotatable bonds is 3. The lowest BCUT2D eigenvalue weighted by Gasteiger charge is -2.20. The first-order valence-electron chi connectivity index (χ1n) is 6.74. The van der Waals surface area contributed by atoms with E-state index >= 15 is 0 Å². The zero-order valence-electron chi connectivity index (χ0n) is 12.1. The molecule has 1 atom stereocenters. The molecule has 0 bridgehead atoms. The van der Waals surface area contributed by atoms with Gasteiger partial charge in [0, 0.05) is 15.7 Å². The maximum absolute atomic E-state index is 12.5. The Labute approximate surface area is 135 Å². The molecule has 0 saturated heterocycles. The average Bonchev–Trinajstić information content (AvgIpc) is 2.90. The fourth-order valence-electron chi connectivity index (χ4n) is 2.80. The lowest BCUT2D eigenvalue weighted by atomic mass is 9.87. The van der Waals surface area contributed by atoms with Crippen LogP contribution < -0.4 is 5.32 Å². The predicted molar refractivity (Wildman–Crippen MR) is 83.8 cm³/mol. The third kappa shape index (κ3) is 2.19. The Hall–Kier alpha value is -1.92. The number of benzene rings is 1. The summed E-state index contributed by atoms with van der Waals surface area (Å²) in [4.78, 5) is 24.7. The van der Waals surface area contributed by atoms with Gasteiger partial charge in [-0.3, -0.25) is 9.59 Å². The van der Waals surface area contributed by atoms with Crippen LogP contribution in [-0.4, -0.2) is 16.8 Å². The van der Waals surface area contributed by atoms with Gasteiger partial charge in [0.25, 0.3) is 5.91 Å². The summed E-state index contributed by atoms with van der Waals surface area (Å²) < 4.78 is 5.94. The van der Waals surface area contributed by atoms with E-state index in [1.54, 1.807) is 32.0 Å². The molecule has 0 radical (unpaired) electrons. The second-order valence-corrected chi connectivity index (χ2v) is 6.37. The molecule has 22 heavy (non-hydrogen) atoms. The third-order valence-electron chi connectivity index (χ3n) is 3.91. The zero-order chi connectivity index (χ0) is 16.1. The van der Waals surface area contributed by atoms with Gasteiger partial charge in [0.2, 0.25) is 0 Å². The maximum atomic E-state index is 12.5. The summed E-state index contributed by atoms with van der Waals surface area (Å²) in [6.45, 7) is 3.44. The largest absolute Gasteiger partial charge is 0.469 e. The first-order valence-corrected chi connectivity index (χ1v) is 7.54. The van der Waals surface area contributed by atoms with Gasteiger partial charge in [-0.05, 0) is 37.6 Å². The van der Waals surface area contributed by atoms with Crippen molar-refractivity contribution >= 4 is 33.3 Å². The highest BCUT2D eigenvalue weighted by Gasteiger charge is 2.47. The predicted octanol–water partition coefficient (Wildman–Crippen LogP) is 3.07. The molecular weight excluding hydrogens is 350 g/mol. The molecule has 114 valence electrons. The SMILES string of the molecule is Cc1coc(C)c1C(=O)C[C@@]1(O)C(=O)Nc2ccc(Br)cc21. The molecule has 5 nitrogen and oxygen atoms in total. The molecule has 0 saturated carbocycles. The fraction of sp³-hybridized carbons (Fsp3) is 0.250. The van der Waals surface area contributed by atoms with Crippen LogP contribution in [-0.2, 0) is 10.4 Å². The molecule has 1 aromatic carbocycles. The van der Waals surface area contributed by atoms with Gasteiger partial charge in [-0.1, -0.05) is 15.9 Å². The van der Waals surface area contributed by atoms with Crippen LogP contribution in [0.3, 0.4) is 0 Å². The Morgan fingerprint density at radius 3 is 2.77 bits per heavy atom. The second-order valence-electron chi connectivity index (χ2n) is 5.45. The van der Waals surface area contributed by atoms with E-state index in [2.05, 4.69) is 21.2 Å². The standard InChI is InChI=1S/C16H14BrNO4/c1-8-7-22-9(2)14(8)13(19)6-16(21)11-5-10(17)3-4-12(11)18-15(16)20/h3-5,7,21H,6H2,1-2H3,(H,18,20)/t16-/m0/s1. The number of aliphatic hydroxyl groups is 1. The average molecular weight is 364 g/mol. The van der Waals surface area contributed by atoms with Gasteiger partial charge in [0.15, 0.2) is 11.4 Å². The minimum Gasteiger partial charge on any atom is -0.469 e. The molecule has 0 fully saturated rings. The maximum Gasteiger partial charge on any atom is 0.261 e. The van der Waals surface area contributed by atoms with Crippen LogP contribution in [0.15, 0.2) is 33.4 Å². The monoisotopic (exact) mass is 363 g/mol. The van der Waals surface area contributed by atoms with Crippen molar-refractivity contribution in [1.82, 2.24) is 0 Å². The first-order chi connectivity index (χ1) is 10.3. The minimum absolute atomic E-state index is 0.325. The third-order valence-corrected chi connectivity index (χ3v) is 4.40. The van der Waals surface area contributed by atoms with Gasteiger partial charge >= 0.3 is 0 Å². The number of ketones is 1. The highest BCUT2D eigenvalue weighted by molar-refractivity contribution is 9.10. The quantitative estimate of drug-likeness (QED) is 0.821. The lowest BCUT2D eigenvalue weighted by Crippen LogP contribution is -2.36. The van der Waals surface area contributed by atoms with E-state index in [4.69, 9.17) is 4.42 Å². The number of carbonyl (C=O) groups excluding carboxylic acids is 2. The van der Waals surface area contributed by atoms with E-state index < -0.39 is 11.5 Å². The molecule has 1 aliphatic rings. The number of anilines is 1. The Bertz CT molecular complexity index is 776. The smallest absolute Gasteiger partial charge is 0.261 e. The lowest BCUT2D eigenvalue weighted by molar-refractivity contribution is -0.133. The second kappa shape index (κ2) is 5.07. The number of carbonyl (C=O) groups is 2. The number of hydrogen-bond donors (Lipinski definition) is 2. The van der Waals surface area contributed by atoms with Gasteiger partial charge in [-0.15, -0.1) is 0 Å². The van der Waals surface area contributed by atoms with Crippen molar-refractivity contribution in [3.05, 3.63) is 51.4 Å². The number of furan rings is 1. The Balaban J connectivity index is 2.00. The molecule has 1 aliphatic heterocycles. The Morgan fingerprint density at radius 1 is 1.41 bits per heavy atom. The molecule has 2 aromatic rings. The molecule has 1 amide bonds. The number of hydrogen-bond acceptors (Lipinski definition) is 4. The minimum atomic E-state index is -1.87. The van der Waals surface area contributed by atoms with E-state index in [0.29, 0.717) is 28.1 Å². The van der Waals surface area contributed by atoms with E-state index in [9.17, 15) is 14.7 Å². The molecule has 1 aromatic heterocycles. The number of halogens is 1. The van der Waals surface area contributed by atoms with Crippen molar-refractivity contribution in [2.75, 3.05) is 5.32 Å². The van der Waals surface area contributed by atoms with E-state index in [1.165, 1.54) is 6.26 Å². The van der Waals surface area contributed by atoms with Crippen LogP contribution in [0.2, 0.25) is 0 Å². The Morgan fingerprint density at radius 2 is 2.14 bits per heavy atom. The van der Waals surface area contributed by atoms with Gasteiger partial charge in [-0.25, -0.2) is 0 Å². The molecule has 0 unspecified atom stereocenters. The molecule has 2 heterocycles. The van der Waals surface area contributed by atoms with E-state index in [1.807, 2.05) is 0 Å². The van der Waals surface area contributed by atoms with E-state index in [-0.39, 0.29) is 12.2 Å².